The Labute approximate surface area is 215 Å². The maximum atomic E-state index is 12.8. The first-order valence-electron chi connectivity index (χ1n) is 11.1. The maximum absolute atomic E-state index is 12.8. The second kappa shape index (κ2) is 12.4. The zero-order chi connectivity index (χ0) is 25.4. The quantitative estimate of drug-likeness (QED) is 0.282. The Morgan fingerprint density at radius 2 is 1.74 bits per heavy atom. The smallest absolute Gasteiger partial charge is 0.262 e. The van der Waals surface area contributed by atoms with E-state index in [-0.39, 0.29) is 16.5 Å². The summed E-state index contributed by atoms with van der Waals surface area (Å²) < 4.78 is 5.94. The zero-order valence-electron chi connectivity index (χ0n) is 19.7. The SMILES string of the molecule is Cc1ccc(COc2ccccc2C=NNC(=O)C(NC(=O)c2ccc(Cl)cc2Cl)C(C)C)cc1. The standard InChI is InChI=1S/C27H27Cl2N3O3/c1-17(2)25(31-26(33)22-13-12-21(28)14-23(22)29)27(34)32-30-15-20-6-4-5-7-24(20)35-16-19-10-8-18(3)9-11-19/h4-15,17,25H,16H2,1-3H3,(H,31,33)(H,32,34). The third-order valence-electron chi connectivity index (χ3n) is 5.22. The minimum atomic E-state index is -0.820. The summed E-state index contributed by atoms with van der Waals surface area (Å²) in [6.07, 6.45) is 1.51. The number of nitrogens with zero attached hydrogens (tertiary/aromatic N) is 1. The summed E-state index contributed by atoms with van der Waals surface area (Å²) >= 11 is 12.0. The first-order chi connectivity index (χ1) is 16.7. The maximum Gasteiger partial charge on any atom is 0.262 e. The molecule has 0 aliphatic rings. The van der Waals surface area contributed by atoms with Gasteiger partial charge in [-0.3, -0.25) is 9.59 Å². The number of carbonyl (C=O) groups excluding carboxylic acids is 2. The summed E-state index contributed by atoms with van der Waals surface area (Å²) in [4.78, 5) is 25.4. The molecule has 3 aromatic carbocycles. The lowest BCUT2D eigenvalue weighted by Gasteiger charge is -2.20. The molecule has 1 atom stereocenters. The third kappa shape index (κ3) is 7.57. The van der Waals surface area contributed by atoms with Crippen molar-refractivity contribution < 1.29 is 14.3 Å². The summed E-state index contributed by atoms with van der Waals surface area (Å²) in [5.74, 6) is -0.477. The summed E-state index contributed by atoms with van der Waals surface area (Å²) in [7, 11) is 0. The van der Waals surface area contributed by atoms with Gasteiger partial charge in [-0.1, -0.05) is 79.0 Å². The fraction of sp³-hybridized carbons (Fsp3) is 0.222. The molecule has 0 heterocycles. The first kappa shape index (κ1) is 26.3. The van der Waals surface area contributed by atoms with Crippen LogP contribution >= 0.6 is 23.2 Å². The monoisotopic (exact) mass is 511 g/mol. The lowest BCUT2D eigenvalue weighted by molar-refractivity contribution is -0.123. The van der Waals surface area contributed by atoms with Crippen LogP contribution in [0.25, 0.3) is 0 Å². The molecule has 35 heavy (non-hydrogen) atoms. The molecule has 182 valence electrons. The van der Waals surface area contributed by atoms with Gasteiger partial charge >= 0.3 is 0 Å². The molecule has 1 unspecified atom stereocenters. The fourth-order valence-corrected chi connectivity index (χ4v) is 3.72. The summed E-state index contributed by atoms with van der Waals surface area (Å²) in [6, 6.07) is 19.2. The van der Waals surface area contributed by atoms with E-state index in [9.17, 15) is 9.59 Å². The van der Waals surface area contributed by atoms with Crippen LogP contribution in [0.3, 0.4) is 0 Å². The van der Waals surface area contributed by atoms with Crippen LogP contribution in [0.1, 0.15) is 40.9 Å². The molecular weight excluding hydrogens is 485 g/mol. The van der Waals surface area contributed by atoms with Crippen molar-refractivity contribution in [2.45, 2.75) is 33.4 Å². The molecule has 3 rings (SSSR count). The predicted molar refractivity (Wildman–Crippen MR) is 140 cm³/mol. The Balaban J connectivity index is 1.63. The molecule has 2 N–H and O–H groups in total. The average Bonchev–Trinajstić information content (AvgIpc) is 2.82. The van der Waals surface area contributed by atoms with Gasteiger partial charge in [0.1, 0.15) is 18.4 Å². The highest BCUT2D eigenvalue weighted by Gasteiger charge is 2.25. The van der Waals surface area contributed by atoms with E-state index in [1.165, 1.54) is 23.9 Å². The van der Waals surface area contributed by atoms with E-state index in [1.807, 2.05) is 69.3 Å². The van der Waals surface area contributed by atoms with E-state index < -0.39 is 17.9 Å². The highest BCUT2D eigenvalue weighted by atomic mass is 35.5. The second-order valence-electron chi connectivity index (χ2n) is 8.37. The van der Waals surface area contributed by atoms with Crippen molar-refractivity contribution in [1.29, 1.82) is 0 Å². The summed E-state index contributed by atoms with van der Waals surface area (Å²) in [5, 5.41) is 7.43. The molecule has 3 aromatic rings. The van der Waals surface area contributed by atoms with Crippen molar-refractivity contribution in [2.75, 3.05) is 0 Å². The van der Waals surface area contributed by atoms with Crippen LogP contribution in [0, 0.1) is 12.8 Å². The lowest BCUT2D eigenvalue weighted by Crippen LogP contribution is -2.48. The molecule has 0 aromatic heterocycles. The van der Waals surface area contributed by atoms with Crippen LogP contribution in [0.2, 0.25) is 10.0 Å². The van der Waals surface area contributed by atoms with Gasteiger partial charge in [0.2, 0.25) is 0 Å². The van der Waals surface area contributed by atoms with E-state index >= 15 is 0 Å². The molecule has 0 spiro atoms. The molecule has 0 bridgehead atoms. The molecular formula is C27H27Cl2N3O3. The van der Waals surface area contributed by atoms with E-state index in [4.69, 9.17) is 27.9 Å². The van der Waals surface area contributed by atoms with Crippen molar-refractivity contribution in [3.63, 3.8) is 0 Å². The number of rotatable bonds is 9. The number of hydrogen-bond acceptors (Lipinski definition) is 4. The van der Waals surface area contributed by atoms with Crippen LogP contribution in [0.5, 0.6) is 5.75 Å². The Morgan fingerprint density at radius 3 is 2.43 bits per heavy atom. The lowest BCUT2D eigenvalue weighted by atomic mass is 10.0. The number of ether oxygens (including phenoxy) is 1. The summed E-state index contributed by atoms with van der Waals surface area (Å²) in [6.45, 7) is 6.09. The predicted octanol–water partition coefficient (Wildman–Crippen LogP) is 5.79. The van der Waals surface area contributed by atoms with Crippen molar-refractivity contribution in [3.8, 4) is 5.75 Å². The Bertz CT molecular complexity index is 1210. The Morgan fingerprint density at radius 1 is 1.03 bits per heavy atom. The minimum absolute atomic E-state index is 0.189. The van der Waals surface area contributed by atoms with Crippen LogP contribution in [-0.2, 0) is 11.4 Å². The van der Waals surface area contributed by atoms with E-state index in [0.29, 0.717) is 22.9 Å². The number of nitrogens with one attached hydrogen (secondary N) is 2. The molecule has 0 radical (unpaired) electrons. The normalized spacial score (nSPS) is 11.9. The van der Waals surface area contributed by atoms with Gasteiger partial charge in [-0.2, -0.15) is 5.10 Å². The molecule has 6 nitrogen and oxygen atoms in total. The zero-order valence-corrected chi connectivity index (χ0v) is 21.2. The van der Waals surface area contributed by atoms with Crippen LogP contribution in [0.4, 0.5) is 0 Å². The van der Waals surface area contributed by atoms with Crippen LogP contribution < -0.4 is 15.5 Å². The van der Waals surface area contributed by atoms with E-state index in [0.717, 1.165) is 5.56 Å². The van der Waals surface area contributed by atoms with Crippen molar-refractivity contribution in [2.24, 2.45) is 11.0 Å². The second-order valence-corrected chi connectivity index (χ2v) is 9.21. The summed E-state index contributed by atoms with van der Waals surface area (Å²) in [5.41, 5.74) is 5.68. The van der Waals surface area contributed by atoms with Crippen molar-refractivity contribution in [3.05, 3.63) is 99.0 Å². The van der Waals surface area contributed by atoms with Gasteiger partial charge in [-0.15, -0.1) is 0 Å². The number of amides is 2. The van der Waals surface area contributed by atoms with Crippen molar-refractivity contribution in [1.82, 2.24) is 10.7 Å². The van der Waals surface area contributed by atoms with E-state index in [1.54, 1.807) is 6.07 Å². The number of hydrazone groups is 1. The third-order valence-corrected chi connectivity index (χ3v) is 5.77. The molecule has 0 saturated heterocycles. The Hall–Kier alpha value is -3.35. The molecule has 8 heteroatoms. The van der Waals surface area contributed by atoms with Crippen molar-refractivity contribution >= 4 is 41.2 Å². The van der Waals surface area contributed by atoms with Crippen LogP contribution in [0.15, 0.2) is 71.8 Å². The van der Waals surface area contributed by atoms with Gasteiger partial charge in [0.05, 0.1) is 16.8 Å². The van der Waals surface area contributed by atoms with Crippen LogP contribution in [-0.4, -0.2) is 24.1 Å². The van der Waals surface area contributed by atoms with E-state index in [2.05, 4.69) is 15.8 Å². The highest BCUT2D eigenvalue weighted by Crippen LogP contribution is 2.21. The van der Waals surface area contributed by atoms with Gasteiger partial charge in [0.25, 0.3) is 11.8 Å². The van der Waals surface area contributed by atoms with Gasteiger partial charge in [0.15, 0.2) is 0 Å². The fourth-order valence-electron chi connectivity index (χ4n) is 3.23. The number of aryl methyl sites for hydroxylation is 1. The van der Waals surface area contributed by atoms with Gasteiger partial charge in [-0.25, -0.2) is 5.43 Å². The average molecular weight is 512 g/mol. The topological polar surface area (TPSA) is 79.8 Å². The highest BCUT2D eigenvalue weighted by molar-refractivity contribution is 6.36. The number of para-hydroxylation sites is 1. The number of carbonyl (C=O) groups is 2. The van der Waals surface area contributed by atoms with Gasteiger partial charge in [0, 0.05) is 10.6 Å². The largest absolute Gasteiger partial charge is 0.488 e. The molecule has 0 saturated carbocycles. The molecule has 2 amide bonds. The molecule has 0 fully saturated rings. The molecule has 0 aliphatic heterocycles. The van der Waals surface area contributed by atoms with Gasteiger partial charge in [-0.05, 0) is 48.7 Å². The molecule has 0 aliphatic carbocycles. The first-order valence-corrected chi connectivity index (χ1v) is 11.9. The Kier molecular flexibility index (Phi) is 9.29. The number of halogens is 2. The van der Waals surface area contributed by atoms with Gasteiger partial charge < -0.3 is 10.1 Å². The number of benzene rings is 3. The number of hydrogen-bond donors (Lipinski definition) is 2. The minimum Gasteiger partial charge on any atom is -0.488 e.